The predicted molar refractivity (Wildman–Crippen MR) is 104 cm³/mol. The zero-order valence-corrected chi connectivity index (χ0v) is 16.3. The van der Waals surface area contributed by atoms with Crippen LogP contribution in [-0.2, 0) is 11.3 Å². The Labute approximate surface area is 166 Å². The topological polar surface area (TPSA) is 66.2 Å². The Bertz CT molecular complexity index is 955. The second kappa shape index (κ2) is 8.41. The van der Waals surface area contributed by atoms with Gasteiger partial charge in [-0.05, 0) is 36.8 Å². The Morgan fingerprint density at radius 2 is 1.85 bits per heavy atom. The van der Waals surface area contributed by atoms with Crippen LogP contribution < -0.4 is 4.74 Å². The second-order valence-electron chi connectivity index (χ2n) is 5.64. The molecule has 0 amide bonds. The first kappa shape index (κ1) is 19.2. The fourth-order valence-electron chi connectivity index (χ4n) is 2.59. The average molecular weight is 406 g/mol. The van der Waals surface area contributed by atoms with Crippen molar-refractivity contribution in [3.63, 3.8) is 0 Å². The third-order valence-electron chi connectivity index (χ3n) is 3.89. The van der Waals surface area contributed by atoms with E-state index in [2.05, 4.69) is 10.3 Å². The van der Waals surface area contributed by atoms with Crippen LogP contribution >= 0.6 is 23.2 Å². The summed E-state index contributed by atoms with van der Waals surface area (Å²) in [5.41, 5.74) is 2.29. The summed E-state index contributed by atoms with van der Waals surface area (Å²) in [4.78, 5) is 12.3. The van der Waals surface area contributed by atoms with Crippen LogP contribution in [-0.4, -0.2) is 34.7 Å². The molecule has 0 aliphatic heterocycles. The van der Waals surface area contributed by atoms with Crippen LogP contribution in [0.25, 0.3) is 11.3 Å². The number of aromatic nitrogens is 3. The van der Waals surface area contributed by atoms with Gasteiger partial charge in [-0.25, -0.2) is 9.48 Å². The quantitative estimate of drug-likeness (QED) is 0.565. The molecule has 8 heteroatoms. The molecule has 0 radical (unpaired) electrons. The summed E-state index contributed by atoms with van der Waals surface area (Å²) in [6.07, 6.45) is 0. The lowest BCUT2D eigenvalue weighted by Gasteiger charge is -2.10. The highest BCUT2D eigenvalue weighted by molar-refractivity contribution is 6.42. The summed E-state index contributed by atoms with van der Waals surface area (Å²) in [5.74, 6) is 0.216. The van der Waals surface area contributed by atoms with E-state index in [0.29, 0.717) is 27.8 Å². The van der Waals surface area contributed by atoms with Gasteiger partial charge in [-0.1, -0.05) is 46.6 Å². The second-order valence-corrected chi connectivity index (χ2v) is 6.46. The molecule has 2 aromatic carbocycles. The lowest BCUT2D eigenvalue weighted by atomic mass is 10.1. The highest BCUT2D eigenvalue weighted by atomic mass is 35.5. The van der Waals surface area contributed by atoms with E-state index in [1.807, 2.05) is 24.3 Å². The van der Waals surface area contributed by atoms with Crippen LogP contribution in [0.4, 0.5) is 0 Å². The number of ether oxygens (including phenoxy) is 2. The average Bonchev–Trinajstić information content (AvgIpc) is 3.08. The van der Waals surface area contributed by atoms with Gasteiger partial charge in [0.2, 0.25) is 0 Å². The molecule has 3 rings (SSSR count). The highest BCUT2D eigenvalue weighted by Crippen LogP contribution is 2.30. The lowest BCUT2D eigenvalue weighted by Crippen LogP contribution is -2.09. The minimum absolute atomic E-state index is 0.128. The minimum Gasteiger partial charge on any atom is -0.497 e. The van der Waals surface area contributed by atoms with E-state index in [-0.39, 0.29) is 12.3 Å². The fourth-order valence-corrected chi connectivity index (χ4v) is 2.89. The predicted octanol–water partition coefficient (Wildman–Crippen LogP) is 4.49. The monoisotopic (exact) mass is 405 g/mol. The number of halogens is 2. The molecule has 0 saturated heterocycles. The van der Waals surface area contributed by atoms with Crippen LogP contribution in [0, 0.1) is 0 Å². The van der Waals surface area contributed by atoms with Crippen molar-refractivity contribution in [1.29, 1.82) is 0 Å². The van der Waals surface area contributed by atoms with Crippen LogP contribution in [0.2, 0.25) is 10.0 Å². The number of hydrogen-bond acceptors (Lipinski definition) is 5. The van der Waals surface area contributed by atoms with Gasteiger partial charge in [0.25, 0.3) is 0 Å². The van der Waals surface area contributed by atoms with Gasteiger partial charge in [0.05, 0.1) is 30.3 Å². The summed E-state index contributed by atoms with van der Waals surface area (Å²) in [7, 11) is 1.61. The molecular weight excluding hydrogens is 389 g/mol. The molecule has 0 unspecified atom stereocenters. The Morgan fingerprint density at radius 1 is 1.11 bits per heavy atom. The Hall–Kier alpha value is -2.57. The van der Waals surface area contributed by atoms with E-state index in [4.69, 9.17) is 32.7 Å². The summed E-state index contributed by atoms with van der Waals surface area (Å²) >= 11 is 12.2. The van der Waals surface area contributed by atoms with Gasteiger partial charge in [0.15, 0.2) is 5.69 Å². The van der Waals surface area contributed by atoms with Crippen LogP contribution in [0.5, 0.6) is 5.75 Å². The molecule has 0 saturated carbocycles. The number of rotatable bonds is 6. The van der Waals surface area contributed by atoms with E-state index >= 15 is 0 Å². The SMILES string of the molecule is CCOC(=O)c1nnn(Cc2ccc(OC)cc2)c1-c1ccc(Cl)c(Cl)c1. The summed E-state index contributed by atoms with van der Waals surface area (Å²) in [6.45, 7) is 2.38. The van der Waals surface area contributed by atoms with Gasteiger partial charge in [-0.3, -0.25) is 0 Å². The van der Waals surface area contributed by atoms with Crippen LogP contribution in [0.1, 0.15) is 23.0 Å². The molecule has 0 bridgehead atoms. The number of hydrogen-bond donors (Lipinski definition) is 0. The first-order chi connectivity index (χ1) is 13.0. The van der Waals surface area contributed by atoms with Crippen LogP contribution in [0.3, 0.4) is 0 Å². The van der Waals surface area contributed by atoms with Gasteiger partial charge in [0.1, 0.15) is 11.4 Å². The van der Waals surface area contributed by atoms with Crippen molar-refractivity contribution >= 4 is 29.2 Å². The summed E-state index contributed by atoms with van der Waals surface area (Å²) in [5, 5.41) is 8.97. The van der Waals surface area contributed by atoms with Crippen molar-refractivity contribution in [3.8, 4) is 17.0 Å². The first-order valence-electron chi connectivity index (χ1n) is 8.22. The maximum Gasteiger partial charge on any atom is 0.361 e. The molecule has 27 heavy (non-hydrogen) atoms. The van der Waals surface area contributed by atoms with E-state index in [1.54, 1.807) is 36.9 Å². The first-order valence-corrected chi connectivity index (χ1v) is 8.98. The van der Waals surface area contributed by atoms with E-state index in [1.165, 1.54) is 0 Å². The minimum atomic E-state index is -0.542. The van der Waals surface area contributed by atoms with Crippen molar-refractivity contribution < 1.29 is 14.3 Å². The van der Waals surface area contributed by atoms with Crippen molar-refractivity contribution in [1.82, 2.24) is 15.0 Å². The zero-order valence-electron chi connectivity index (χ0n) is 14.8. The van der Waals surface area contributed by atoms with E-state index in [9.17, 15) is 4.79 Å². The van der Waals surface area contributed by atoms with Gasteiger partial charge in [-0.15, -0.1) is 5.10 Å². The van der Waals surface area contributed by atoms with Crippen molar-refractivity contribution in [2.45, 2.75) is 13.5 Å². The molecule has 0 atom stereocenters. The van der Waals surface area contributed by atoms with Crippen molar-refractivity contribution in [2.75, 3.05) is 13.7 Å². The molecule has 1 aromatic heterocycles. The Morgan fingerprint density at radius 3 is 2.48 bits per heavy atom. The molecule has 0 fully saturated rings. The number of benzene rings is 2. The normalized spacial score (nSPS) is 10.7. The van der Waals surface area contributed by atoms with Gasteiger partial charge in [-0.2, -0.15) is 0 Å². The number of nitrogens with zero attached hydrogens (tertiary/aromatic N) is 3. The van der Waals surface area contributed by atoms with E-state index < -0.39 is 5.97 Å². The molecule has 0 N–H and O–H groups in total. The van der Waals surface area contributed by atoms with E-state index in [0.717, 1.165) is 11.3 Å². The van der Waals surface area contributed by atoms with Crippen molar-refractivity contribution in [3.05, 3.63) is 63.8 Å². The Balaban J connectivity index is 2.04. The van der Waals surface area contributed by atoms with Gasteiger partial charge < -0.3 is 9.47 Å². The molecule has 0 spiro atoms. The van der Waals surface area contributed by atoms with Crippen molar-refractivity contribution in [2.24, 2.45) is 0 Å². The summed E-state index contributed by atoms with van der Waals surface area (Å²) < 4.78 is 11.9. The molecule has 0 aliphatic carbocycles. The molecule has 140 valence electrons. The molecular formula is C19H17Cl2N3O3. The lowest BCUT2D eigenvalue weighted by molar-refractivity contribution is 0.0520. The molecule has 1 heterocycles. The fraction of sp³-hybridized carbons (Fsp3) is 0.211. The largest absolute Gasteiger partial charge is 0.497 e. The number of carbonyl (C=O) groups is 1. The smallest absolute Gasteiger partial charge is 0.361 e. The third kappa shape index (κ3) is 4.23. The molecule has 0 aliphatic rings. The number of esters is 1. The highest BCUT2D eigenvalue weighted by Gasteiger charge is 2.23. The van der Waals surface area contributed by atoms with Gasteiger partial charge in [0, 0.05) is 5.56 Å². The summed E-state index contributed by atoms with van der Waals surface area (Å²) in [6, 6.07) is 12.7. The Kier molecular flexibility index (Phi) is 5.98. The molecule has 6 nitrogen and oxygen atoms in total. The molecule has 3 aromatic rings. The van der Waals surface area contributed by atoms with Crippen LogP contribution in [0.15, 0.2) is 42.5 Å². The maximum absolute atomic E-state index is 12.3. The zero-order chi connectivity index (χ0) is 19.4. The standard InChI is InChI=1S/C19H17Cl2N3O3/c1-3-27-19(25)17-18(13-6-9-15(20)16(21)10-13)24(23-22-17)11-12-4-7-14(26-2)8-5-12/h4-10H,3,11H2,1-2H3. The van der Waals surface area contributed by atoms with Gasteiger partial charge >= 0.3 is 5.97 Å². The number of methoxy groups -OCH3 is 1. The third-order valence-corrected chi connectivity index (χ3v) is 4.63. The maximum atomic E-state index is 12.3. The number of carbonyl (C=O) groups excluding carboxylic acids is 1.